The van der Waals surface area contributed by atoms with Gasteiger partial charge in [0.15, 0.2) is 29.1 Å². The van der Waals surface area contributed by atoms with Gasteiger partial charge < -0.3 is 0 Å². The highest BCUT2D eigenvalue weighted by Crippen LogP contribution is 2.28. The standard InChI is InChI=1S/C24H15F7/c1-2-18(25)23(30)15-7-6-14(19(26)10-15)5-3-13-4-8-17(20(27)9-13)16-11-21(28)24(31)22(29)12-16/h2,4,6-12H,1,3,5H2. The Balaban J connectivity index is 1.78. The monoisotopic (exact) mass is 436 g/mol. The number of halogens is 7. The van der Waals surface area contributed by atoms with Crippen molar-refractivity contribution in [3.8, 4) is 11.1 Å². The Labute approximate surface area is 174 Å². The first kappa shape index (κ1) is 22.3. The van der Waals surface area contributed by atoms with Gasteiger partial charge in [-0.05, 0) is 59.9 Å². The molecule has 0 spiro atoms. The average molecular weight is 436 g/mol. The van der Waals surface area contributed by atoms with E-state index in [0.29, 0.717) is 23.8 Å². The summed E-state index contributed by atoms with van der Waals surface area (Å²) in [5, 5.41) is 0. The highest BCUT2D eigenvalue weighted by atomic mass is 19.2. The van der Waals surface area contributed by atoms with Gasteiger partial charge >= 0.3 is 0 Å². The van der Waals surface area contributed by atoms with Crippen LogP contribution in [0.5, 0.6) is 0 Å². The van der Waals surface area contributed by atoms with Crippen molar-refractivity contribution in [2.75, 3.05) is 0 Å². The Kier molecular flexibility index (Phi) is 6.63. The molecule has 0 amide bonds. The molecule has 0 unspecified atom stereocenters. The lowest BCUT2D eigenvalue weighted by Gasteiger charge is -2.09. The summed E-state index contributed by atoms with van der Waals surface area (Å²) in [4.78, 5) is 0. The second-order valence-corrected chi connectivity index (χ2v) is 6.74. The van der Waals surface area contributed by atoms with Crippen LogP contribution in [0.25, 0.3) is 17.0 Å². The number of rotatable bonds is 6. The topological polar surface area (TPSA) is 0 Å². The minimum atomic E-state index is -1.64. The van der Waals surface area contributed by atoms with Crippen LogP contribution in [0.15, 0.2) is 67.0 Å². The first-order valence-electron chi connectivity index (χ1n) is 9.11. The van der Waals surface area contributed by atoms with Gasteiger partial charge in [-0.25, -0.2) is 30.7 Å². The molecule has 0 aliphatic carbocycles. The molecule has 0 radical (unpaired) electrons. The highest BCUT2D eigenvalue weighted by molar-refractivity contribution is 5.65. The number of hydrogen-bond acceptors (Lipinski definition) is 0. The minimum Gasteiger partial charge on any atom is -0.207 e. The molecule has 160 valence electrons. The lowest BCUT2D eigenvalue weighted by Crippen LogP contribution is -1.98. The molecule has 0 aliphatic heterocycles. The maximum Gasteiger partial charge on any atom is 0.194 e. The summed E-state index contributed by atoms with van der Waals surface area (Å²) in [6.45, 7) is 3.10. The third kappa shape index (κ3) is 4.87. The second-order valence-electron chi connectivity index (χ2n) is 6.74. The molecule has 3 aromatic rings. The van der Waals surface area contributed by atoms with Crippen LogP contribution in [-0.4, -0.2) is 0 Å². The van der Waals surface area contributed by atoms with E-state index in [9.17, 15) is 30.7 Å². The molecule has 0 saturated carbocycles. The van der Waals surface area contributed by atoms with Gasteiger partial charge in [-0.1, -0.05) is 30.8 Å². The summed E-state index contributed by atoms with van der Waals surface area (Å²) in [6, 6.07) is 8.66. The van der Waals surface area contributed by atoms with Crippen LogP contribution >= 0.6 is 0 Å². The van der Waals surface area contributed by atoms with Crippen molar-refractivity contribution >= 4 is 5.83 Å². The zero-order valence-electron chi connectivity index (χ0n) is 16.0. The fourth-order valence-electron chi connectivity index (χ4n) is 3.05. The van der Waals surface area contributed by atoms with Gasteiger partial charge in [0.25, 0.3) is 0 Å². The van der Waals surface area contributed by atoms with Crippen LogP contribution in [0.4, 0.5) is 30.7 Å². The summed E-state index contributed by atoms with van der Waals surface area (Å²) in [5.41, 5.74) is 0.125. The molecule has 0 heterocycles. The summed E-state index contributed by atoms with van der Waals surface area (Å²) in [6.07, 6.45) is 1.02. The summed E-state index contributed by atoms with van der Waals surface area (Å²) in [5.74, 6) is -8.48. The average Bonchev–Trinajstić information content (AvgIpc) is 2.75. The molecule has 0 N–H and O–H groups in total. The zero-order chi connectivity index (χ0) is 22.7. The number of aryl methyl sites for hydroxylation is 2. The first-order valence-corrected chi connectivity index (χ1v) is 9.11. The molecular weight excluding hydrogens is 421 g/mol. The lowest BCUT2D eigenvalue weighted by atomic mass is 9.98. The van der Waals surface area contributed by atoms with Crippen LogP contribution in [0.2, 0.25) is 0 Å². The van der Waals surface area contributed by atoms with Crippen molar-refractivity contribution in [2.24, 2.45) is 0 Å². The second kappa shape index (κ2) is 9.20. The van der Waals surface area contributed by atoms with E-state index in [-0.39, 0.29) is 35.1 Å². The smallest absolute Gasteiger partial charge is 0.194 e. The van der Waals surface area contributed by atoms with E-state index < -0.39 is 40.7 Å². The molecular formula is C24H15F7. The maximum absolute atomic E-state index is 14.5. The van der Waals surface area contributed by atoms with Crippen molar-refractivity contribution in [1.29, 1.82) is 0 Å². The van der Waals surface area contributed by atoms with E-state index in [1.807, 2.05) is 0 Å². The molecule has 0 saturated heterocycles. The van der Waals surface area contributed by atoms with Crippen LogP contribution < -0.4 is 0 Å². The Morgan fingerprint density at radius 2 is 1.42 bits per heavy atom. The Bertz CT molecular complexity index is 1160. The van der Waals surface area contributed by atoms with E-state index in [1.165, 1.54) is 24.3 Å². The third-order valence-electron chi connectivity index (χ3n) is 4.71. The first-order chi connectivity index (χ1) is 14.7. The van der Waals surface area contributed by atoms with Crippen LogP contribution in [0.3, 0.4) is 0 Å². The summed E-state index contributed by atoms with van der Waals surface area (Å²) in [7, 11) is 0. The quantitative estimate of drug-likeness (QED) is 0.212. The lowest BCUT2D eigenvalue weighted by molar-refractivity contribution is 0.447. The van der Waals surface area contributed by atoms with Gasteiger partial charge in [-0.2, -0.15) is 0 Å². The van der Waals surface area contributed by atoms with Crippen molar-refractivity contribution in [3.05, 3.63) is 113 Å². The largest absolute Gasteiger partial charge is 0.207 e. The van der Waals surface area contributed by atoms with Gasteiger partial charge in [-0.15, -0.1) is 0 Å². The SMILES string of the molecule is C=CC(F)=C(F)c1ccc(CCc2ccc(-c3cc(F)c(F)c(F)c3)c(F)c2)c(F)c1. The van der Waals surface area contributed by atoms with E-state index in [0.717, 1.165) is 12.1 Å². The van der Waals surface area contributed by atoms with E-state index in [4.69, 9.17) is 0 Å². The normalized spacial score (nSPS) is 12.0. The zero-order valence-corrected chi connectivity index (χ0v) is 16.0. The predicted molar refractivity (Wildman–Crippen MR) is 105 cm³/mol. The van der Waals surface area contributed by atoms with Crippen LogP contribution in [0, 0.1) is 29.1 Å². The van der Waals surface area contributed by atoms with Crippen molar-refractivity contribution < 1.29 is 30.7 Å². The molecule has 0 atom stereocenters. The molecule has 7 heteroatoms. The molecule has 0 aliphatic rings. The van der Waals surface area contributed by atoms with E-state index in [2.05, 4.69) is 6.58 Å². The number of allylic oxidation sites excluding steroid dienone is 2. The Morgan fingerprint density at radius 3 is 2.00 bits per heavy atom. The van der Waals surface area contributed by atoms with Gasteiger partial charge in [0.05, 0.1) is 0 Å². The van der Waals surface area contributed by atoms with Gasteiger partial charge in [-0.3, -0.25) is 0 Å². The van der Waals surface area contributed by atoms with Gasteiger partial charge in [0.1, 0.15) is 11.6 Å². The van der Waals surface area contributed by atoms with E-state index in [1.54, 1.807) is 0 Å². The maximum atomic E-state index is 14.5. The van der Waals surface area contributed by atoms with Crippen LogP contribution in [-0.2, 0) is 12.8 Å². The Hall–Kier alpha value is -3.35. The van der Waals surface area contributed by atoms with Crippen LogP contribution in [0.1, 0.15) is 16.7 Å². The summed E-state index contributed by atoms with van der Waals surface area (Å²) < 4.78 is 95.6. The van der Waals surface area contributed by atoms with E-state index >= 15 is 0 Å². The van der Waals surface area contributed by atoms with Crippen molar-refractivity contribution in [2.45, 2.75) is 12.8 Å². The van der Waals surface area contributed by atoms with Gasteiger partial charge in [0.2, 0.25) is 0 Å². The third-order valence-corrected chi connectivity index (χ3v) is 4.71. The fraction of sp³-hybridized carbons (Fsp3) is 0.0833. The molecule has 0 aromatic heterocycles. The fourth-order valence-corrected chi connectivity index (χ4v) is 3.05. The molecule has 31 heavy (non-hydrogen) atoms. The van der Waals surface area contributed by atoms with Crippen molar-refractivity contribution in [3.63, 3.8) is 0 Å². The molecule has 0 fully saturated rings. The highest BCUT2D eigenvalue weighted by Gasteiger charge is 2.15. The Morgan fingerprint density at radius 1 is 0.742 bits per heavy atom. The van der Waals surface area contributed by atoms with Gasteiger partial charge in [0, 0.05) is 11.1 Å². The number of benzene rings is 3. The number of hydrogen-bond donors (Lipinski definition) is 0. The molecule has 0 nitrogen and oxygen atoms in total. The summed E-state index contributed by atoms with van der Waals surface area (Å²) >= 11 is 0. The predicted octanol–water partition coefficient (Wildman–Crippen LogP) is 7.63. The molecule has 0 bridgehead atoms. The molecule has 3 rings (SSSR count). The minimum absolute atomic E-state index is 0.122. The molecule has 3 aromatic carbocycles. The van der Waals surface area contributed by atoms with Crippen molar-refractivity contribution in [1.82, 2.24) is 0 Å².